The number of hydrogen-bond donors (Lipinski definition) is 2. The summed E-state index contributed by atoms with van der Waals surface area (Å²) in [6.45, 7) is 3.21. The number of nitrogens with one attached hydrogen (secondary N) is 1. The Morgan fingerprint density at radius 2 is 2.11 bits per heavy atom. The van der Waals surface area contributed by atoms with Crippen LogP contribution in [0, 0.1) is 5.92 Å². The van der Waals surface area contributed by atoms with E-state index >= 15 is 0 Å². The molecule has 7 nitrogen and oxygen atoms in total. The normalized spacial score (nSPS) is 17.9. The first-order chi connectivity index (χ1) is 13.5. The van der Waals surface area contributed by atoms with E-state index in [0.717, 1.165) is 31.2 Å². The van der Waals surface area contributed by atoms with Crippen LogP contribution in [-0.4, -0.2) is 52.5 Å². The van der Waals surface area contributed by atoms with Crippen molar-refractivity contribution in [3.8, 4) is 0 Å². The van der Waals surface area contributed by atoms with Crippen molar-refractivity contribution in [2.75, 3.05) is 13.1 Å². The second kappa shape index (κ2) is 11.4. The van der Waals surface area contributed by atoms with Gasteiger partial charge in [-0.15, -0.1) is 0 Å². The molecule has 2 N–H and O–H groups in total. The van der Waals surface area contributed by atoms with Crippen molar-refractivity contribution in [1.82, 2.24) is 15.3 Å². The van der Waals surface area contributed by atoms with Gasteiger partial charge < -0.3 is 10.2 Å². The molecule has 0 aromatic heterocycles. The zero-order valence-corrected chi connectivity index (χ0v) is 16.5. The smallest absolute Gasteiger partial charge is 0.245 e. The molecule has 7 heteroatoms. The Hall–Kier alpha value is -2.41. The van der Waals surface area contributed by atoms with Crippen molar-refractivity contribution in [2.45, 2.75) is 58.0 Å². The van der Waals surface area contributed by atoms with E-state index in [0.29, 0.717) is 37.4 Å². The second-order valence-electron chi connectivity index (χ2n) is 7.37. The lowest BCUT2D eigenvalue weighted by Crippen LogP contribution is -2.53. The minimum absolute atomic E-state index is 0.0618. The Balaban J connectivity index is 1.96. The lowest BCUT2D eigenvalue weighted by atomic mass is 9.98. The molecule has 1 saturated heterocycles. The first-order valence-corrected chi connectivity index (χ1v) is 10.1. The molecule has 1 aromatic rings. The van der Waals surface area contributed by atoms with Gasteiger partial charge >= 0.3 is 0 Å². The second-order valence-corrected chi connectivity index (χ2v) is 7.37. The number of carbonyl (C=O) groups excluding carboxylic acids is 3. The molecule has 3 amide bonds. The maximum Gasteiger partial charge on any atom is 0.245 e. The number of rotatable bonds is 11. The van der Waals surface area contributed by atoms with Crippen molar-refractivity contribution in [3.63, 3.8) is 0 Å². The Labute approximate surface area is 166 Å². The highest BCUT2D eigenvalue weighted by Crippen LogP contribution is 2.17. The van der Waals surface area contributed by atoms with Crippen LogP contribution in [0.5, 0.6) is 0 Å². The van der Waals surface area contributed by atoms with Gasteiger partial charge in [-0.25, -0.2) is 5.06 Å². The molecule has 1 aliphatic heterocycles. The number of hydroxylamine groups is 2. The van der Waals surface area contributed by atoms with E-state index < -0.39 is 12.0 Å². The van der Waals surface area contributed by atoms with Crippen molar-refractivity contribution in [1.29, 1.82) is 0 Å². The van der Waals surface area contributed by atoms with Gasteiger partial charge in [0.15, 0.2) is 0 Å². The Bertz CT molecular complexity index is 638. The molecular formula is C21H31N3O4. The molecule has 154 valence electrons. The highest BCUT2D eigenvalue weighted by Gasteiger charge is 2.32. The van der Waals surface area contributed by atoms with E-state index in [2.05, 4.69) is 12.2 Å². The fourth-order valence-corrected chi connectivity index (χ4v) is 3.54. The summed E-state index contributed by atoms with van der Waals surface area (Å²) in [7, 11) is 0. The number of likely N-dealkylation sites (tertiary alicyclic amines) is 1. The predicted octanol–water partition coefficient (Wildman–Crippen LogP) is 2.34. The number of hydrogen-bond acceptors (Lipinski definition) is 4. The third kappa shape index (κ3) is 6.64. The summed E-state index contributed by atoms with van der Waals surface area (Å²) in [5, 5.41) is 12.9. The Kier molecular flexibility index (Phi) is 8.94. The molecular weight excluding hydrogens is 358 g/mol. The number of benzene rings is 1. The molecule has 0 bridgehead atoms. The molecule has 1 heterocycles. The minimum atomic E-state index is -0.554. The third-order valence-electron chi connectivity index (χ3n) is 5.12. The molecule has 2 rings (SSSR count). The van der Waals surface area contributed by atoms with E-state index in [1.54, 1.807) is 4.90 Å². The van der Waals surface area contributed by atoms with Gasteiger partial charge in [0.05, 0.1) is 12.5 Å². The van der Waals surface area contributed by atoms with Crippen LogP contribution in [0.1, 0.15) is 51.0 Å². The zero-order chi connectivity index (χ0) is 20.4. The summed E-state index contributed by atoms with van der Waals surface area (Å²) in [4.78, 5) is 38.1. The van der Waals surface area contributed by atoms with Crippen LogP contribution in [0.2, 0.25) is 0 Å². The first-order valence-electron chi connectivity index (χ1n) is 10.1. The number of nitrogens with zero attached hydrogens (tertiary/aromatic N) is 2. The number of carbonyl (C=O) groups is 3. The van der Waals surface area contributed by atoms with E-state index in [-0.39, 0.29) is 18.4 Å². The van der Waals surface area contributed by atoms with Crippen molar-refractivity contribution in [2.24, 2.45) is 5.92 Å². The molecule has 0 aliphatic carbocycles. The lowest BCUT2D eigenvalue weighted by Gasteiger charge is -2.33. The predicted molar refractivity (Wildman–Crippen MR) is 105 cm³/mol. The van der Waals surface area contributed by atoms with Crippen molar-refractivity contribution < 1.29 is 19.6 Å². The maximum absolute atomic E-state index is 12.8. The summed E-state index contributed by atoms with van der Waals surface area (Å²) in [6, 6.07) is 9.23. The van der Waals surface area contributed by atoms with Gasteiger partial charge in [0, 0.05) is 13.1 Å². The van der Waals surface area contributed by atoms with Gasteiger partial charge in [0.1, 0.15) is 6.04 Å². The molecule has 1 unspecified atom stereocenters. The number of amides is 3. The average molecular weight is 389 g/mol. The highest BCUT2D eigenvalue weighted by molar-refractivity contribution is 5.89. The Morgan fingerprint density at radius 1 is 1.36 bits per heavy atom. The standard InChI is InChI=1S/C21H31N3O4/c1-2-3-5-11-18(15-24(28)16-25)20(26)22-19-12-8-13-23(21(19)27)14-17-9-6-4-7-10-17/h4,6-7,9-10,16,18-19,28H,2-3,5,8,11-15H2,1H3,(H,22,26)/t18?,19-/m0/s1. The van der Waals surface area contributed by atoms with Gasteiger partial charge in [-0.3, -0.25) is 19.6 Å². The summed E-state index contributed by atoms with van der Waals surface area (Å²) in [5.41, 5.74) is 1.06. The maximum atomic E-state index is 12.8. The summed E-state index contributed by atoms with van der Waals surface area (Å²) in [5.74, 6) is -0.886. The van der Waals surface area contributed by atoms with Crippen LogP contribution >= 0.6 is 0 Å². The minimum Gasteiger partial charge on any atom is -0.344 e. The van der Waals surface area contributed by atoms with Crippen LogP contribution in [0.4, 0.5) is 0 Å². The van der Waals surface area contributed by atoms with Crippen molar-refractivity contribution >= 4 is 18.2 Å². The molecule has 0 radical (unpaired) electrons. The average Bonchev–Trinajstić information content (AvgIpc) is 2.71. The Morgan fingerprint density at radius 3 is 2.79 bits per heavy atom. The number of piperidine rings is 1. The zero-order valence-electron chi connectivity index (χ0n) is 16.5. The molecule has 28 heavy (non-hydrogen) atoms. The third-order valence-corrected chi connectivity index (χ3v) is 5.12. The van der Waals surface area contributed by atoms with Crippen LogP contribution < -0.4 is 5.32 Å². The van der Waals surface area contributed by atoms with E-state index in [1.165, 1.54) is 0 Å². The molecule has 1 aliphatic rings. The van der Waals surface area contributed by atoms with Gasteiger partial charge in [-0.05, 0) is 24.8 Å². The summed E-state index contributed by atoms with van der Waals surface area (Å²) >= 11 is 0. The summed E-state index contributed by atoms with van der Waals surface area (Å²) < 4.78 is 0. The lowest BCUT2D eigenvalue weighted by molar-refractivity contribution is -0.155. The van der Waals surface area contributed by atoms with Crippen LogP contribution in [0.3, 0.4) is 0 Å². The fourth-order valence-electron chi connectivity index (χ4n) is 3.54. The number of unbranched alkanes of at least 4 members (excludes halogenated alkanes) is 2. The van der Waals surface area contributed by atoms with E-state index in [4.69, 9.17) is 0 Å². The van der Waals surface area contributed by atoms with Crippen LogP contribution in [-0.2, 0) is 20.9 Å². The summed E-state index contributed by atoms with van der Waals surface area (Å²) in [6.07, 6.45) is 5.12. The van der Waals surface area contributed by atoms with Gasteiger partial charge in [0.2, 0.25) is 18.2 Å². The highest BCUT2D eigenvalue weighted by atomic mass is 16.5. The van der Waals surface area contributed by atoms with Gasteiger partial charge in [-0.2, -0.15) is 0 Å². The van der Waals surface area contributed by atoms with Crippen LogP contribution in [0.15, 0.2) is 30.3 Å². The molecule has 1 fully saturated rings. The quantitative estimate of drug-likeness (QED) is 0.263. The van der Waals surface area contributed by atoms with Gasteiger partial charge in [0.25, 0.3) is 0 Å². The molecule has 0 spiro atoms. The molecule has 1 aromatic carbocycles. The monoisotopic (exact) mass is 389 g/mol. The molecule has 2 atom stereocenters. The van der Waals surface area contributed by atoms with Gasteiger partial charge in [-0.1, -0.05) is 56.5 Å². The fraction of sp³-hybridized carbons (Fsp3) is 0.571. The van der Waals surface area contributed by atoms with E-state index in [9.17, 15) is 19.6 Å². The molecule has 0 saturated carbocycles. The first kappa shape index (κ1) is 21.9. The SMILES string of the molecule is CCCCCC(CN(O)C=O)C(=O)N[C@H]1CCCN(Cc2ccccc2)C1=O. The topological polar surface area (TPSA) is 89.9 Å². The largest absolute Gasteiger partial charge is 0.344 e. The van der Waals surface area contributed by atoms with E-state index in [1.807, 2.05) is 30.3 Å². The van der Waals surface area contributed by atoms with Crippen LogP contribution in [0.25, 0.3) is 0 Å². The van der Waals surface area contributed by atoms with Crippen molar-refractivity contribution in [3.05, 3.63) is 35.9 Å².